The van der Waals surface area contributed by atoms with Gasteiger partial charge in [-0.15, -0.1) is 0 Å². The van der Waals surface area contributed by atoms with Crippen LogP contribution in [0.1, 0.15) is 15.9 Å². The van der Waals surface area contributed by atoms with Gasteiger partial charge in [0.25, 0.3) is 5.91 Å². The summed E-state index contributed by atoms with van der Waals surface area (Å²) in [5.41, 5.74) is 5.61. The molecule has 0 aliphatic rings. The minimum Gasteiger partial charge on any atom is -0.366 e. The van der Waals surface area contributed by atoms with Crippen molar-refractivity contribution in [3.63, 3.8) is 0 Å². The second-order valence-electron chi connectivity index (χ2n) is 3.32. The Morgan fingerprint density at radius 2 is 2.29 bits per heavy atom. The highest BCUT2D eigenvalue weighted by molar-refractivity contribution is 5.92. The molecule has 0 aliphatic heterocycles. The van der Waals surface area contributed by atoms with E-state index in [1.807, 2.05) is 6.07 Å². The number of carbonyl (C=O) groups excluding carboxylic acids is 1. The molecule has 0 radical (unpaired) electrons. The van der Waals surface area contributed by atoms with Gasteiger partial charge in [-0.3, -0.25) is 4.79 Å². The number of amides is 1. The Morgan fingerprint density at radius 1 is 1.53 bits per heavy atom. The van der Waals surface area contributed by atoms with E-state index in [-0.39, 0.29) is 16.8 Å². The summed E-state index contributed by atoms with van der Waals surface area (Å²) in [4.78, 5) is 10.9. The number of rotatable bonds is 2. The van der Waals surface area contributed by atoms with Crippen LogP contribution in [0.25, 0.3) is 5.69 Å². The van der Waals surface area contributed by atoms with Gasteiger partial charge in [-0.05, 0) is 18.2 Å². The molecule has 0 atom stereocenters. The molecule has 0 saturated heterocycles. The number of primary amides is 1. The number of nitrogens with two attached hydrogens (primary N) is 1. The highest BCUT2D eigenvalue weighted by Crippen LogP contribution is 2.14. The number of halogens is 1. The molecule has 0 saturated carbocycles. The van der Waals surface area contributed by atoms with Gasteiger partial charge in [0, 0.05) is 6.20 Å². The second kappa shape index (κ2) is 4.06. The third-order valence-electron chi connectivity index (χ3n) is 2.19. The Bertz CT molecular complexity index is 627. The lowest BCUT2D eigenvalue weighted by molar-refractivity contribution is 0.100. The SMILES string of the molecule is N#Cc1ccc(-n2cc(C(N)=O)cn2)c(F)c1. The molecule has 0 bridgehead atoms. The summed E-state index contributed by atoms with van der Waals surface area (Å²) in [7, 11) is 0. The molecular weight excluding hydrogens is 223 g/mol. The third-order valence-corrected chi connectivity index (χ3v) is 2.19. The van der Waals surface area contributed by atoms with Crippen molar-refractivity contribution < 1.29 is 9.18 Å². The topological polar surface area (TPSA) is 84.7 Å². The van der Waals surface area contributed by atoms with E-state index in [0.29, 0.717) is 0 Å². The van der Waals surface area contributed by atoms with Crippen LogP contribution in [0.4, 0.5) is 4.39 Å². The summed E-state index contributed by atoms with van der Waals surface area (Å²) in [6.07, 6.45) is 2.58. The van der Waals surface area contributed by atoms with Crippen molar-refractivity contribution in [3.8, 4) is 11.8 Å². The van der Waals surface area contributed by atoms with E-state index in [2.05, 4.69) is 5.10 Å². The summed E-state index contributed by atoms with van der Waals surface area (Å²) in [6.45, 7) is 0. The molecule has 1 aromatic heterocycles. The number of carbonyl (C=O) groups is 1. The molecule has 5 nitrogen and oxygen atoms in total. The van der Waals surface area contributed by atoms with Crippen LogP contribution in [-0.4, -0.2) is 15.7 Å². The number of aromatic nitrogens is 2. The molecule has 2 rings (SSSR count). The second-order valence-corrected chi connectivity index (χ2v) is 3.32. The number of nitriles is 1. The Hall–Kier alpha value is -2.68. The molecule has 0 unspecified atom stereocenters. The van der Waals surface area contributed by atoms with Gasteiger partial charge in [-0.1, -0.05) is 0 Å². The maximum atomic E-state index is 13.6. The zero-order valence-electron chi connectivity index (χ0n) is 8.59. The van der Waals surface area contributed by atoms with Gasteiger partial charge in [0.05, 0.1) is 23.4 Å². The molecule has 2 N–H and O–H groups in total. The van der Waals surface area contributed by atoms with E-state index >= 15 is 0 Å². The average molecular weight is 230 g/mol. The molecule has 17 heavy (non-hydrogen) atoms. The van der Waals surface area contributed by atoms with E-state index in [0.717, 1.165) is 6.07 Å². The van der Waals surface area contributed by atoms with Gasteiger partial charge in [0.1, 0.15) is 11.5 Å². The molecular formula is C11H7FN4O. The first kappa shape index (κ1) is 10.8. The fourth-order valence-electron chi connectivity index (χ4n) is 1.34. The van der Waals surface area contributed by atoms with Gasteiger partial charge in [0.2, 0.25) is 0 Å². The monoisotopic (exact) mass is 230 g/mol. The molecule has 6 heteroatoms. The summed E-state index contributed by atoms with van der Waals surface area (Å²) in [5, 5.41) is 12.4. The lowest BCUT2D eigenvalue weighted by Crippen LogP contribution is -2.09. The van der Waals surface area contributed by atoms with Crippen molar-refractivity contribution in [2.24, 2.45) is 5.73 Å². The number of hydrogen-bond donors (Lipinski definition) is 1. The third kappa shape index (κ3) is 1.99. The van der Waals surface area contributed by atoms with Gasteiger partial charge in [0.15, 0.2) is 0 Å². The van der Waals surface area contributed by atoms with Crippen LogP contribution in [0.3, 0.4) is 0 Å². The van der Waals surface area contributed by atoms with Crippen LogP contribution in [0.15, 0.2) is 30.6 Å². The fourth-order valence-corrected chi connectivity index (χ4v) is 1.34. The van der Waals surface area contributed by atoms with Crippen LogP contribution in [0, 0.1) is 17.1 Å². The highest BCUT2D eigenvalue weighted by atomic mass is 19.1. The molecule has 84 valence electrons. The molecule has 0 spiro atoms. The fraction of sp³-hybridized carbons (Fsp3) is 0. The minimum absolute atomic E-state index is 0.150. The summed E-state index contributed by atoms with van der Waals surface area (Å²) in [6, 6.07) is 5.80. The van der Waals surface area contributed by atoms with Crippen LogP contribution in [0.5, 0.6) is 0 Å². The first-order valence-electron chi connectivity index (χ1n) is 4.66. The van der Waals surface area contributed by atoms with Crippen LogP contribution in [0.2, 0.25) is 0 Å². The van der Waals surface area contributed by atoms with E-state index in [1.165, 1.54) is 29.2 Å². The average Bonchev–Trinajstić information content (AvgIpc) is 2.78. The normalized spacial score (nSPS) is 9.88. The van der Waals surface area contributed by atoms with E-state index in [4.69, 9.17) is 11.0 Å². The zero-order valence-corrected chi connectivity index (χ0v) is 8.59. The predicted molar refractivity (Wildman–Crippen MR) is 56.8 cm³/mol. The first-order chi connectivity index (χ1) is 8.11. The zero-order chi connectivity index (χ0) is 12.4. The molecule has 0 fully saturated rings. The van der Waals surface area contributed by atoms with Crippen molar-refractivity contribution in [1.29, 1.82) is 5.26 Å². The Morgan fingerprint density at radius 3 is 2.82 bits per heavy atom. The van der Waals surface area contributed by atoms with E-state index in [1.54, 1.807) is 0 Å². The maximum absolute atomic E-state index is 13.6. The molecule has 1 heterocycles. The van der Waals surface area contributed by atoms with Crippen molar-refractivity contribution in [3.05, 3.63) is 47.5 Å². The van der Waals surface area contributed by atoms with Crippen LogP contribution in [-0.2, 0) is 0 Å². The molecule has 2 aromatic rings. The molecule has 1 amide bonds. The Kier molecular flexibility index (Phi) is 2.58. The Labute approximate surface area is 95.9 Å². The summed E-state index contributed by atoms with van der Waals surface area (Å²) in [5.74, 6) is -1.23. The van der Waals surface area contributed by atoms with E-state index < -0.39 is 11.7 Å². The van der Waals surface area contributed by atoms with Crippen molar-refractivity contribution in [2.75, 3.05) is 0 Å². The van der Waals surface area contributed by atoms with Gasteiger partial charge in [-0.2, -0.15) is 10.4 Å². The highest BCUT2D eigenvalue weighted by Gasteiger charge is 2.09. The summed E-state index contributed by atoms with van der Waals surface area (Å²) >= 11 is 0. The van der Waals surface area contributed by atoms with Gasteiger partial charge in [-0.25, -0.2) is 9.07 Å². The van der Waals surface area contributed by atoms with Crippen LogP contribution < -0.4 is 5.73 Å². The lowest BCUT2D eigenvalue weighted by Gasteiger charge is -2.02. The first-order valence-corrected chi connectivity index (χ1v) is 4.66. The number of hydrogen-bond acceptors (Lipinski definition) is 3. The Balaban J connectivity index is 2.46. The maximum Gasteiger partial charge on any atom is 0.251 e. The predicted octanol–water partition coefficient (Wildman–Crippen LogP) is 0.982. The van der Waals surface area contributed by atoms with Crippen molar-refractivity contribution in [2.45, 2.75) is 0 Å². The minimum atomic E-state index is -0.634. The van der Waals surface area contributed by atoms with E-state index in [9.17, 15) is 9.18 Å². The van der Waals surface area contributed by atoms with Crippen molar-refractivity contribution in [1.82, 2.24) is 9.78 Å². The quantitative estimate of drug-likeness (QED) is 0.834. The lowest BCUT2D eigenvalue weighted by atomic mass is 10.2. The number of nitrogens with zero attached hydrogens (tertiary/aromatic N) is 3. The summed E-state index contributed by atoms with van der Waals surface area (Å²) < 4.78 is 14.8. The van der Waals surface area contributed by atoms with Crippen LogP contribution >= 0.6 is 0 Å². The largest absolute Gasteiger partial charge is 0.366 e. The molecule has 1 aromatic carbocycles. The number of benzene rings is 1. The van der Waals surface area contributed by atoms with Gasteiger partial charge >= 0.3 is 0 Å². The molecule has 0 aliphatic carbocycles. The van der Waals surface area contributed by atoms with Crippen molar-refractivity contribution >= 4 is 5.91 Å². The smallest absolute Gasteiger partial charge is 0.251 e. The standard InChI is InChI=1S/C11H7FN4O/c12-9-3-7(4-13)1-2-10(9)16-6-8(5-15-16)11(14)17/h1-3,5-6H,(H2,14,17). The van der Waals surface area contributed by atoms with Gasteiger partial charge < -0.3 is 5.73 Å².